The van der Waals surface area contributed by atoms with Crippen molar-refractivity contribution in [1.82, 2.24) is 9.80 Å². The maximum atomic E-state index is 12.7. The fraction of sp³-hybridized carbons (Fsp3) is 0.350. The Hall–Kier alpha value is -2.49. The Balaban J connectivity index is 1.98. The molecule has 0 radical (unpaired) electrons. The van der Waals surface area contributed by atoms with Gasteiger partial charge in [0.25, 0.3) is 0 Å². The van der Waals surface area contributed by atoms with Crippen LogP contribution in [0, 0.1) is 0 Å². The van der Waals surface area contributed by atoms with E-state index < -0.39 is 0 Å². The molecule has 0 spiro atoms. The third kappa shape index (κ3) is 3.23. The van der Waals surface area contributed by atoms with Gasteiger partial charge in [0, 0.05) is 20.6 Å². The zero-order valence-electron chi connectivity index (χ0n) is 14.5. The second-order valence-corrected chi connectivity index (χ2v) is 6.39. The molecule has 4 heteroatoms. The fourth-order valence-corrected chi connectivity index (χ4v) is 3.36. The number of carbonyl (C=O) groups is 1. The van der Waals surface area contributed by atoms with Crippen LogP contribution >= 0.6 is 0 Å². The molecule has 3 rings (SSSR count). The van der Waals surface area contributed by atoms with Crippen molar-refractivity contribution in [2.75, 3.05) is 27.7 Å². The normalized spacial score (nSPS) is 16.5. The summed E-state index contributed by atoms with van der Waals surface area (Å²) >= 11 is 0. The summed E-state index contributed by atoms with van der Waals surface area (Å²) in [7, 11) is 5.31. The number of ether oxygens (including phenoxy) is 1. The first-order chi connectivity index (χ1) is 11.6. The number of carbonyl (C=O) groups excluding carboxylic acids is 1. The second kappa shape index (κ2) is 6.95. The van der Waals surface area contributed by atoms with Crippen LogP contribution in [0.15, 0.2) is 48.5 Å². The molecule has 24 heavy (non-hydrogen) atoms. The Morgan fingerprint density at radius 3 is 2.62 bits per heavy atom. The lowest BCUT2D eigenvalue weighted by molar-refractivity contribution is 0.144. The fourth-order valence-electron chi connectivity index (χ4n) is 3.36. The Morgan fingerprint density at radius 2 is 1.96 bits per heavy atom. The Bertz CT molecular complexity index is 713. The lowest BCUT2D eigenvalue weighted by atomic mass is 9.88. The quantitative estimate of drug-likeness (QED) is 0.865. The first-order valence-corrected chi connectivity index (χ1v) is 8.29. The van der Waals surface area contributed by atoms with Gasteiger partial charge in [0.1, 0.15) is 5.75 Å². The van der Waals surface area contributed by atoms with Crippen molar-refractivity contribution in [2.45, 2.75) is 18.9 Å². The van der Waals surface area contributed by atoms with Crippen molar-refractivity contribution in [3.05, 3.63) is 65.2 Å². The van der Waals surface area contributed by atoms with E-state index in [-0.39, 0.29) is 12.1 Å². The molecule has 0 aromatic heterocycles. The van der Waals surface area contributed by atoms with Crippen molar-refractivity contribution >= 4 is 6.03 Å². The summed E-state index contributed by atoms with van der Waals surface area (Å²) in [5.41, 5.74) is 3.74. The Kier molecular flexibility index (Phi) is 4.74. The smallest absolute Gasteiger partial charge is 0.320 e. The molecule has 4 nitrogen and oxygen atoms in total. The van der Waals surface area contributed by atoms with Crippen LogP contribution in [0.2, 0.25) is 0 Å². The number of urea groups is 1. The number of methoxy groups -OCH3 is 1. The maximum absolute atomic E-state index is 12.7. The van der Waals surface area contributed by atoms with Gasteiger partial charge >= 0.3 is 6.03 Å². The minimum Gasteiger partial charge on any atom is -0.497 e. The monoisotopic (exact) mass is 324 g/mol. The van der Waals surface area contributed by atoms with Crippen LogP contribution in [0.1, 0.15) is 22.7 Å². The molecular formula is C20H24N2O2. The van der Waals surface area contributed by atoms with Crippen LogP contribution in [0.25, 0.3) is 0 Å². The number of nitrogens with zero attached hydrogens (tertiary/aromatic N) is 2. The lowest BCUT2D eigenvalue weighted by Crippen LogP contribution is -2.45. The minimum atomic E-state index is 0.0527. The van der Waals surface area contributed by atoms with Gasteiger partial charge in [0.2, 0.25) is 0 Å². The first kappa shape index (κ1) is 16.4. The molecule has 0 bridgehead atoms. The largest absolute Gasteiger partial charge is 0.497 e. The van der Waals surface area contributed by atoms with E-state index in [1.165, 1.54) is 16.7 Å². The number of fused-ring (bicyclic) bond motifs is 1. The molecule has 2 aromatic carbocycles. The Morgan fingerprint density at radius 1 is 1.21 bits per heavy atom. The molecular weight excluding hydrogens is 300 g/mol. The van der Waals surface area contributed by atoms with Crippen LogP contribution in [0.4, 0.5) is 4.79 Å². The number of rotatable bonds is 3. The van der Waals surface area contributed by atoms with Gasteiger partial charge in [0.15, 0.2) is 0 Å². The van der Waals surface area contributed by atoms with Gasteiger partial charge in [-0.25, -0.2) is 4.79 Å². The average Bonchev–Trinajstić information content (AvgIpc) is 2.61. The molecule has 1 heterocycles. The zero-order chi connectivity index (χ0) is 17.1. The molecule has 2 aromatic rings. The van der Waals surface area contributed by atoms with Crippen molar-refractivity contribution in [3.63, 3.8) is 0 Å². The number of hydrogen-bond acceptors (Lipinski definition) is 2. The Labute approximate surface area is 143 Å². The van der Waals surface area contributed by atoms with E-state index in [1.807, 2.05) is 43.3 Å². The van der Waals surface area contributed by atoms with Gasteiger partial charge in [-0.1, -0.05) is 36.4 Å². The highest BCUT2D eigenvalue weighted by molar-refractivity contribution is 5.75. The summed E-state index contributed by atoms with van der Waals surface area (Å²) in [6, 6.07) is 16.7. The number of amides is 2. The highest BCUT2D eigenvalue weighted by atomic mass is 16.5. The van der Waals surface area contributed by atoms with E-state index >= 15 is 0 Å². The summed E-state index contributed by atoms with van der Waals surface area (Å²) < 4.78 is 5.36. The van der Waals surface area contributed by atoms with Crippen molar-refractivity contribution in [1.29, 1.82) is 0 Å². The van der Waals surface area contributed by atoms with Crippen molar-refractivity contribution in [2.24, 2.45) is 0 Å². The third-order valence-electron chi connectivity index (χ3n) is 4.61. The van der Waals surface area contributed by atoms with Gasteiger partial charge in [-0.3, -0.25) is 0 Å². The molecule has 0 saturated carbocycles. The van der Waals surface area contributed by atoms with Crippen LogP contribution < -0.4 is 4.74 Å². The molecule has 2 amide bonds. The second-order valence-electron chi connectivity index (χ2n) is 6.39. The van der Waals surface area contributed by atoms with Crippen LogP contribution in [-0.4, -0.2) is 43.6 Å². The maximum Gasteiger partial charge on any atom is 0.320 e. The average molecular weight is 324 g/mol. The van der Waals surface area contributed by atoms with Gasteiger partial charge in [0.05, 0.1) is 13.2 Å². The molecule has 0 aliphatic carbocycles. The topological polar surface area (TPSA) is 32.8 Å². The lowest BCUT2D eigenvalue weighted by Gasteiger charge is -2.39. The van der Waals surface area contributed by atoms with Crippen molar-refractivity contribution in [3.8, 4) is 5.75 Å². The third-order valence-corrected chi connectivity index (χ3v) is 4.61. The van der Waals surface area contributed by atoms with E-state index in [2.05, 4.69) is 24.3 Å². The summed E-state index contributed by atoms with van der Waals surface area (Å²) in [4.78, 5) is 16.3. The van der Waals surface area contributed by atoms with E-state index in [1.54, 1.807) is 12.0 Å². The molecule has 1 aliphatic rings. The van der Waals surface area contributed by atoms with Crippen molar-refractivity contribution < 1.29 is 9.53 Å². The number of hydrogen-bond donors (Lipinski definition) is 0. The highest BCUT2D eigenvalue weighted by Crippen LogP contribution is 2.35. The van der Waals surface area contributed by atoms with Crippen LogP contribution in [0.3, 0.4) is 0 Å². The predicted octanol–water partition coefficient (Wildman–Crippen LogP) is 3.52. The molecule has 1 unspecified atom stereocenters. The molecule has 0 fully saturated rings. The van der Waals surface area contributed by atoms with Gasteiger partial charge in [-0.05, 0) is 41.7 Å². The summed E-state index contributed by atoms with van der Waals surface area (Å²) in [6.07, 6.45) is 1.68. The van der Waals surface area contributed by atoms with E-state index in [4.69, 9.17) is 4.74 Å². The molecule has 1 aliphatic heterocycles. The van der Waals surface area contributed by atoms with E-state index in [0.717, 1.165) is 25.1 Å². The molecule has 0 saturated heterocycles. The van der Waals surface area contributed by atoms with E-state index in [9.17, 15) is 4.79 Å². The van der Waals surface area contributed by atoms with Crippen LogP contribution in [-0.2, 0) is 12.8 Å². The first-order valence-electron chi connectivity index (χ1n) is 8.29. The minimum absolute atomic E-state index is 0.0527. The number of benzene rings is 2. The van der Waals surface area contributed by atoms with Crippen LogP contribution in [0.5, 0.6) is 5.75 Å². The summed E-state index contributed by atoms with van der Waals surface area (Å²) in [5, 5.41) is 0. The summed E-state index contributed by atoms with van der Waals surface area (Å²) in [5.74, 6) is 0.875. The molecule has 1 atom stereocenters. The predicted molar refractivity (Wildman–Crippen MR) is 95.4 cm³/mol. The van der Waals surface area contributed by atoms with Gasteiger partial charge < -0.3 is 14.5 Å². The van der Waals surface area contributed by atoms with E-state index in [0.29, 0.717) is 0 Å². The van der Waals surface area contributed by atoms with Gasteiger partial charge in [-0.2, -0.15) is 0 Å². The highest BCUT2D eigenvalue weighted by Gasteiger charge is 2.31. The standard InChI is InChI=1S/C20H24N2O2/c1-21(2)20(23)22-12-11-16-14-17(24-3)9-10-18(16)19(22)13-15-7-5-4-6-8-15/h4-10,14,19H,11-13H2,1-3H3. The molecule has 126 valence electrons. The summed E-state index contributed by atoms with van der Waals surface area (Å²) in [6.45, 7) is 0.731. The molecule has 0 N–H and O–H groups in total. The van der Waals surface area contributed by atoms with Gasteiger partial charge in [-0.15, -0.1) is 0 Å². The SMILES string of the molecule is COc1ccc2c(c1)CCN(C(=O)N(C)C)C2Cc1ccccc1. The zero-order valence-corrected chi connectivity index (χ0v) is 14.5.